The van der Waals surface area contributed by atoms with Crippen molar-refractivity contribution in [3.63, 3.8) is 0 Å². The van der Waals surface area contributed by atoms with Gasteiger partial charge >= 0.3 is 0 Å². The highest BCUT2D eigenvalue weighted by atomic mass is 16.7. The molecule has 2 aliphatic rings. The zero-order chi connectivity index (χ0) is 15.7. The summed E-state index contributed by atoms with van der Waals surface area (Å²) in [4.78, 5) is 11.6. The third-order valence-corrected chi connectivity index (χ3v) is 3.98. The fourth-order valence-corrected chi connectivity index (χ4v) is 2.68. The van der Waals surface area contributed by atoms with Crippen molar-refractivity contribution in [3.8, 4) is 5.75 Å². The van der Waals surface area contributed by atoms with Crippen molar-refractivity contribution in [2.45, 2.75) is 37.4 Å². The summed E-state index contributed by atoms with van der Waals surface area (Å²) in [7, 11) is 1.44. The molecule has 0 radical (unpaired) electrons. The molecule has 1 saturated heterocycles. The molecule has 2 aliphatic heterocycles. The third kappa shape index (κ3) is 2.80. The van der Waals surface area contributed by atoms with Gasteiger partial charge in [-0.2, -0.15) is 0 Å². The van der Waals surface area contributed by atoms with Crippen LogP contribution in [0.5, 0.6) is 5.75 Å². The average Bonchev–Trinajstić information content (AvgIpc) is 2.52. The highest BCUT2D eigenvalue weighted by molar-refractivity contribution is 5.95. The van der Waals surface area contributed by atoms with Crippen molar-refractivity contribution in [2.24, 2.45) is 0 Å². The highest BCUT2D eigenvalue weighted by Gasteiger charge is 2.40. The van der Waals surface area contributed by atoms with Crippen LogP contribution < -0.4 is 10.1 Å². The number of anilines is 1. The Morgan fingerprint density at radius 1 is 1.27 bits per heavy atom. The van der Waals surface area contributed by atoms with Gasteiger partial charge in [0.05, 0.1) is 12.3 Å². The largest absolute Gasteiger partial charge is 0.460 e. The lowest BCUT2D eigenvalue weighted by atomic mass is 10.0. The number of rotatable bonds is 3. The second kappa shape index (κ2) is 6.21. The Hall–Kier alpha value is -1.67. The molecule has 22 heavy (non-hydrogen) atoms. The molecule has 7 nitrogen and oxygen atoms in total. The second-order valence-electron chi connectivity index (χ2n) is 5.41. The summed E-state index contributed by atoms with van der Waals surface area (Å²) in [5, 5.41) is 22.8. The van der Waals surface area contributed by atoms with E-state index in [4.69, 9.17) is 14.2 Å². The van der Waals surface area contributed by atoms with Crippen molar-refractivity contribution in [3.05, 3.63) is 23.8 Å². The molecule has 4 unspecified atom stereocenters. The number of fused-ring (bicyclic) bond motifs is 1. The Morgan fingerprint density at radius 2 is 2.09 bits per heavy atom. The number of para-hydroxylation sites is 1. The summed E-state index contributed by atoms with van der Waals surface area (Å²) < 4.78 is 16.1. The number of aliphatic hydroxyl groups is 2. The van der Waals surface area contributed by atoms with E-state index < -0.39 is 24.6 Å². The summed E-state index contributed by atoms with van der Waals surface area (Å²) >= 11 is 0. The third-order valence-electron chi connectivity index (χ3n) is 3.98. The minimum atomic E-state index is -1.24. The highest BCUT2D eigenvalue weighted by Crippen LogP contribution is 2.34. The Balaban J connectivity index is 1.78. The number of carbonyl (C=O) groups excluding carboxylic acids is 1. The van der Waals surface area contributed by atoms with E-state index in [1.54, 1.807) is 6.07 Å². The molecule has 7 heteroatoms. The van der Waals surface area contributed by atoms with Crippen LogP contribution >= 0.6 is 0 Å². The molecule has 0 saturated carbocycles. The van der Waals surface area contributed by atoms with Crippen LogP contribution in [-0.4, -0.2) is 54.4 Å². The molecule has 1 aromatic rings. The van der Waals surface area contributed by atoms with Crippen molar-refractivity contribution in [1.82, 2.24) is 0 Å². The maximum Gasteiger partial charge on any atom is 0.228 e. The molecule has 120 valence electrons. The first-order valence-corrected chi connectivity index (χ1v) is 7.19. The Kier molecular flexibility index (Phi) is 4.30. The number of benzene rings is 1. The van der Waals surface area contributed by atoms with Gasteiger partial charge in [-0.25, -0.2) is 0 Å². The summed E-state index contributed by atoms with van der Waals surface area (Å²) in [5.74, 6) is 0.339. The topological polar surface area (TPSA) is 97.2 Å². The minimum absolute atomic E-state index is 0.0758. The van der Waals surface area contributed by atoms with Crippen LogP contribution in [-0.2, 0) is 20.7 Å². The molecule has 1 fully saturated rings. The monoisotopic (exact) mass is 309 g/mol. The van der Waals surface area contributed by atoms with Crippen molar-refractivity contribution in [2.75, 3.05) is 19.0 Å². The van der Waals surface area contributed by atoms with Gasteiger partial charge < -0.3 is 29.7 Å². The predicted octanol–water partition coefficient (Wildman–Crippen LogP) is 0.0432. The lowest BCUT2D eigenvalue weighted by Gasteiger charge is -2.37. The van der Waals surface area contributed by atoms with Gasteiger partial charge in [-0.05, 0) is 18.1 Å². The van der Waals surface area contributed by atoms with Crippen LogP contribution in [0.25, 0.3) is 0 Å². The first-order valence-electron chi connectivity index (χ1n) is 7.19. The number of carbonyl (C=O) groups is 1. The fraction of sp³-hybridized carbons (Fsp3) is 0.533. The van der Waals surface area contributed by atoms with Crippen LogP contribution in [0.2, 0.25) is 0 Å². The minimum Gasteiger partial charge on any atom is -0.460 e. The number of methoxy groups -OCH3 is 1. The van der Waals surface area contributed by atoms with Gasteiger partial charge in [-0.1, -0.05) is 12.1 Å². The summed E-state index contributed by atoms with van der Waals surface area (Å²) in [6, 6.07) is 5.42. The molecule has 1 amide bonds. The van der Waals surface area contributed by atoms with Crippen LogP contribution in [0.3, 0.4) is 0 Å². The SMILES string of the molecule is COC1COC(Oc2cccc3c2NC(=O)CC3)C(O)C1O. The molecule has 0 bridgehead atoms. The summed E-state index contributed by atoms with van der Waals surface area (Å²) in [6.45, 7) is 0.112. The lowest BCUT2D eigenvalue weighted by molar-refractivity contribution is -0.246. The van der Waals surface area contributed by atoms with Crippen molar-refractivity contribution < 1.29 is 29.2 Å². The molecule has 4 atom stereocenters. The molecule has 3 rings (SSSR count). The molecule has 0 aromatic heterocycles. The predicted molar refractivity (Wildman–Crippen MR) is 76.6 cm³/mol. The Labute approximate surface area is 127 Å². The standard InChI is InChI=1S/C15H19NO6/c1-20-10-7-21-15(14(19)13(10)18)22-9-4-2-3-8-5-6-11(17)16-12(8)9/h2-4,10,13-15,18-19H,5-7H2,1H3,(H,16,17). The van der Waals surface area contributed by atoms with Gasteiger partial charge in [0.15, 0.2) is 0 Å². The number of nitrogens with one attached hydrogen (secondary N) is 1. The van der Waals surface area contributed by atoms with Crippen LogP contribution in [0.4, 0.5) is 5.69 Å². The summed E-state index contributed by atoms with van der Waals surface area (Å²) in [5.41, 5.74) is 1.57. The number of ether oxygens (including phenoxy) is 3. The maximum absolute atomic E-state index is 11.6. The van der Waals surface area contributed by atoms with E-state index in [1.807, 2.05) is 12.1 Å². The zero-order valence-electron chi connectivity index (χ0n) is 12.2. The van der Waals surface area contributed by atoms with Crippen LogP contribution in [0, 0.1) is 0 Å². The van der Waals surface area contributed by atoms with Crippen LogP contribution in [0.15, 0.2) is 18.2 Å². The van der Waals surface area contributed by atoms with Gasteiger partial charge in [0.2, 0.25) is 12.2 Å². The molecule has 0 spiro atoms. The molecular weight excluding hydrogens is 290 g/mol. The summed E-state index contributed by atoms with van der Waals surface area (Å²) in [6.07, 6.45) is -2.88. The second-order valence-corrected chi connectivity index (χ2v) is 5.41. The number of aryl methyl sites for hydroxylation is 1. The fourth-order valence-electron chi connectivity index (χ4n) is 2.68. The maximum atomic E-state index is 11.6. The van der Waals surface area contributed by atoms with Gasteiger partial charge in [-0.3, -0.25) is 4.79 Å². The van der Waals surface area contributed by atoms with Gasteiger partial charge in [0.25, 0.3) is 0 Å². The quantitative estimate of drug-likeness (QED) is 0.729. The van der Waals surface area contributed by atoms with E-state index in [-0.39, 0.29) is 12.5 Å². The van der Waals surface area contributed by atoms with Gasteiger partial charge in [-0.15, -0.1) is 0 Å². The van der Waals surface area contributed by atoms with Crippen molar-refractivity contribution in [1.29, 1.82) is 0 Å². The molecule has 2 heterocycles. The average molecular weight is 309 g/mol. The van der Waals surface area contributed by atoms with Gasteiger partial charge in [0, 0.05) is 13.5 Å². The van der Waals surface area contributed by atoms with Crippen molar-refractivity contribution >= 4 is 11.6 Å². The van der Waals surface area contributed by atoms with E-state index in [2.05, 4.69) is 5.32 Å². The molecule has 3 N–H and O–H groups in total. The van der Waals surface area contributed by atoms with E-state index in [1.165, 1.54) is 7.11 Å². The number of hydrogen-bond donors (Lipinski definition) is 3. The number of hydrogen-bond acceptors (Lipinski definition) is 6. The number of amides is 1. The van der Waals surface area contributed by atoms with E-state index in [9.17, 15) is 15.0 Å². The smallest absolute Gasteiger partial charge is 0.228 e. The molecular formula is C15H19NO6. The normalized spacial score (nSPS) is 31.3. The first kappa shape index (κ1) is 15.2. The molecule has 0 aliphatic carbocycles. The zero-order valence-corrected chi connectivity index (χ0v) is 12.2. The molecule has 1 aromatic carbocycles. The Bertz CT molecular complexity index is 563. The Morgan fingerprint density at radius 3 is 2.86 bits per heavy atom. The first-order chi connectivity index (χ1) is 10.6. The number of aliphatic hydroxyl groups excluding tert-OH is 2. The van der Waals surface area contributed by atoms with Crippen LogP contribution in [0.1, 0.15) is 12.0 Å². The van der Waals surface area contributed by atoms with Gasteiger partial charge in [0.1, 0.15) is 24.1 Å². The van der Waals surface area contributed by atoms with E-state index >= 15 is 0 Å². The lowest BCUT2D eigenvalue weighted by Crippen LogP contribution is -2.55. The van der Waals surface area contributed by atoms with E-state index in [0.29, 0.717) is 24.3 Å². The van der Waals surface area contributed by atoms with E-state index in [0.717, 1.165) is 5.56 Å².